The molecular formula is C12H23NO. The van der Waals surface area contributed by atoms with Crippen LogP contribution in [0.2, 0.25) is 0 Å². The quantitative estimate of drug-likeness (QED) is 0.709. The highest BCUT2D eigenvalue weighted by Crippen LogP contribution is 2.12. The summed E-state index contributed by atoms with van der Waals surface area (Å²) in [6.07, 6.45) is 6.24. The number of rotatable bonds is 6. The summed E-state index contributed by atoms with van der Waals surface area (Å²) in [6, 6.07) is 0.488. The molecule has 1 rings (SSSR count). The Balaban J connectivity index is 2.03. The lowest BCUT2D eigenvalue weighted by Gasteiger charge is -2.09. The van der Waals surface area contributed by atoms with Crippen LogP contribution in [0.4, 0.5) is 0 Å². The van der Waals surface area contributed by atoms with E-state index >= 15 is 0 Å². The van der Waals surface area contributed by atoms with Gasteiger partial charge >= 0.3 is 0 Å². The summed E-state index contributed by atoms with van der Waals surface area (Å²) >= 11 is 0. The van der Waals surface area contributed by atoms with Crippen LogP contribution in [0.5, 0.6) is 0 Å². The van der Waals surface area contributed by atoms with Crippen LogP contribution in [0.15, 0.2) is 0 Å². The first kappa shape index (κ1) is 11.7. The topological polar surface area (TPSA) is 29.1 Å². The molecule has 1 fully saturated rings. The molecule has 0 spiro atoms. The van der Waals surface area contributed by atoms with Crippen molar-refractivity contribution < 1.29 is 4.79 Å². The summed E-state index contributed by atoms with van der Waals surface area (Å²) in [5.74, 6) is 1.18. The number of carbonyl (C=O) groups excluding carboxylic acids is 1. The summed E-state index contributed by atoms with van der Waals surface area (Å²) < 4.78 is 0. The highest BCUT2D eigenvalue weighted by molar-refractivity contribution is 5.78. The van der Waals surface area contributed by atoms with E-state index in [0.29, 0.717) is 11.8 Å². The first-order valence-electron chi connectivity index (χ1n) is 5.93. The molecule has 1 atom stereocenters. The van der Waals surface area contributed by atoms with Gasteiger partial charge in [-0.2, -0.15) is 0 Å². The van der Waals surface area contributed by atoms with Crippen LogP contribution >= 0.6 is 0 Å². The molecule has 2 heteroatoms. The van der Waals surface area contributed by atoms with Gasteiger partial charge in [-0.25, -0.2) is 0 Å². The van der Waals surface area contributed by atoms with Crippen LogP contribution in [0.25, 0.3) is 0 Å². The van der Waals surface area contributed by atoms with E-state index in [0.717, 1.165) is 31.7 Å². The fourth-order valence-electron chi connectivity index (χ4n) is 2.02. The van der Waals surface area contributed by atoms with Gasteiger partial charge in [-0.3, -0.25) is 4.79 Å². The number of carbonyl (C=O) groups is 1. The van der Waals surface area contributed by atoms with E-state index < -0.39 is 0 Å². The van der Waals surface area contributed by atoms with E-state index in [2.05, 4.69) is 19.2 Å². The molecule has 1 unspecified atom stereocenters. The van der Waals surface area contributed by atoms with Gasteiger partial charge in [0.2, 0.25) is 0 Å². The monoisotopic (exact) mass is 197 g/mol. The lowest BCUT2D eigenvalue weighted by Crippen LogP contribution is -2.24. The Kier molecular flexibility index (Phi) is 5.16. The molecule has 0 bridgehead atoms. The Morgan fingerprint density at radius 2 is 2.29 bits per heavy atom. The first-order chi connectivity index (χ1) is 6.68. The van der Waals surface area contributed by atoms with Gasteiger partial charge in [0, 0.05) is 18.9 Å². The molecule has 1 aliphatic rings. The normalized spacial score (nSPS) is 21.8. The maximum absolute atomic E-state index is 11.5. The zero-order chi connectivity index (χ0) is 10.4. The molecule has 0 aromatic rings. The van der Waals surface area contributed by atoms with E-state index in [1.165, 1.54) is 19.3 Å². The Bertz CT molecular complexity index is 171. The average molecular weight is 197 g/mol. The zero-order valence-electron chi connectivity index (χ0n) is 9.51. The fraction of sp³-hybridized carbons (Fsp3) is 0.917. The largest absolute Gasteiger partial charge is 0.314 e. The molecule has 0 aromatic heterocycles. The van der Waals surface area contributed by atoms with Crippen molar-refractivity contribution in [3.05, 3.63) is 0 Å². The number of ketones is 1. The van der Waals surface area contributed by atoms with Gasteiger partial charge in [0.1, 0.15) is 5.78 Å². The van der Waals surface area contributed by atoms with Crippen molar-refractivity contribution in [3.63, 3.8) is 0 Å². The fourth-order valence-corrected chi connectivity index (χ4v) is 2.02. The van der Waals surface area contributed by atoms with Crippen molar-refractivity contribution in [1.29, 1.82) is 0 Å². The maximum atomic E-state index is 11.5. The van der Waals surface area contributed by atoms with E-state index in [-0.39, 0.29) is 0 Å². The number of nitrogens with one attached hydrogen (secondary N) is 1. The lowest BCUT2D eigenvalue weighted by atomic mass is 10.0. The summed E-state index contributed by atoms with van der Waals surface area (Å²) in [4.78, 5) is 11.5. The van der Waals surface area contributed by atoms with Crippen LogP contribution in [-0.2, 0) is 4.79 Å². The highest BCUT2D eigenvalue weighted by atomic mass is 16.1. The van der Waals surface area contributed by atoms with Gasteiger partial charge in [0.15, 0.2) is 0 Å². The SMILES string of the molecule is CC(C)CCCC(=O)CC1CCCN1. The Hall–Kier alpha value is -0.370. The Labute approximate surface area is 87.5 Å². The molecule has 82 valence electrons. The van der Waals surface area contributed by atoms with Crippen LogP contribution in [-0.4, -0.2) is 18.4 Å². The van der Waals surface area contributed by atoms with Crippen molar-refractivity contribution >= 4 is 5.78 Å². The molecule has 1 saturated heterocycles. The Morgan fingerprint density at radius 1 is 1.50 bits per heavy atom. The van der Waals surface area contributed by atoms with E-state index in [1.54, 1.807) is 0 Å². The van der Waals surface area contributed by atoms with E-state index in [1.807, 2.05) is 0 Å². The molecule has 1 heterocycles. The summed E-state index contributed by atoms with van der Waals surface area (Å²) in [6.45, 7) is 5.52. The minimum Gasteiger partial charge on any atom is -0.314 e. The number of Topliss-reactive ketones (excluding diaryl/α,β-unsaturated/α-hetero) is 1. The number of hydrogen-bond donors (Lipinski definition) is 1. The van der Waals surface area contributed by atoms with Gasteiger partial charge in [-0.05, 0) is 31.7 Å². The standard InChI is InChI=1S/C12H23NO/c1-10(2)5-3-7-12(14)9-11-6-4-8-13-11/h10-11,13H,3-9H2,1-2H3. The van der Waals surface area contributed by atoms with Crippen molar-refractivity contribution in [3.8, 4) is 0 Å². The second-order valence-electron chi connectivity index (χ2n) is 4.82. The molecule has 0 saturated carbocycles. The third kappa shape index (κ3) is 4.75. The molecule has 0 aromatic carbocycles. The van der Waals surface area contributed by atoms with Crippen molar-refractivity contribution in [2.45, 2.75) is 58.4 Å². The maximum Gasteiger partial charge on any atom is 0.134 e. The minimum atomic E-state index is 0.449. The van der Waals surface area contributed by atoms with E-state index in [9.17, 15) is 4.79 Å². The van der Waals surface area contributed by atoms with Gasteiger partial charge in [0.25, 0.3) is 0 Å². The van der Waals surface area contributed by atoms with Gasteiger partial charge in [-0.15, -0.1) is 0 Å². The second-order valence-corrected chi connectivity index (χ2v) is 4.82. The average Bonchev–Trinajstić information content (AvgIpc) is 2.56. The van der Waals surface area contributed by atoms with Crippen LogP contribution in [0.3, 0.4) is 0 Å². The molecule has 0 amide bonds. The predicted molar refractivity (Wildman–Crippen MR) is 59.3 cm³/mol. The van der Waals surface area contributed by atoms with Crippen LogP contribution in [0, 0.1) is 5.92 Å². The lowest BCUT2D eigenvalue weighted by molar-refractivity contribution is -0.119. The summed E-state index contributed by atoms with van der Waals surface area (Å²) in [5.41, 5.74) is 0. The van der Waals surface area contributed by atoms with Gasteiger partial charge in [0.05, 0.1) is 0 Å². The summed E-state index contributed by atoms with van der Waals surface area (Å²) in [5, 5.41) is 3.37. The number of hydrogen-bond acceptors (Lipinski definition) is 2. The molecular weight excluding hydrogens is 174 g/mol. The Morgan fingerprint density at radius 3 is 2.86 bits per heavy atom. The van der Waals surface area contributed by atoms with Crippen molar-refractivity contribution in [1.82, 2.24) is 5.32 Å². The molecule has 2 nitrogen and oxygen atoms in total. The smallest absolute Gasteiger partial charge is 0.134 e. The van der Waals surface area contributed by atoms with Crippen LogP contribution < -0.4 is 5.32 Å². The van der Waals surface area contributed by atoms with E-state index in [4.69, 9.17) is 0 Å². The molecule has 1 N–H and O–H groups in total. The molecule has 0 radical (unpaired) electrons. The minimum absolute atomic E-state index is 0.449. The van der Waals surface area contributed by atoms with Crippen molar-refractivity contribution in [2.75, 3.05) is 6.54 Å². The second kappa shape index (κ2) is 6.18. The zero-order valence-corrected chi connectivity index (χ0v) is 9.51. The molecule has 1 aliphatic heterocycles. The highest BCUT2D eigenvalue weighted by Gasteiger charge is 2.17. The van der Waals surface area contributed by atoms with Crippen molar-refractivity contribution in [2.24, 2.45) is 5.92 Å². The van der Waals surface area contributed by atoms with Gasteiger partial charge < -0.3 is 5.32 Å². The molecule has 0 aliphatic carbocycles. The van der Waals surface area contributed by atoms with Crippen LogP contribution in [0.1, 0.15) is 52.4 Å². The predicted octanol–water partition coefficient (Wildman–Crippen LogP) is 2.52. The molecule has 14 heavy (non-hydrogen) atoms. The first-order valence-corrected chi connectivity index (χ1v) is 5.93. The third-order valence-corrected chi connectivity index (χ3v) is 2.87. The summed E-state index contributed by atoms with van der Waals surface area (Å²) in [7, 11) is 0. The third-order valence-electron chi connectivity index (χ3n) is 2.87. The van der Waals surface area contributed by atoms with Gasteiger partial charge in [-0.1, -0.05) is 20.3 Å².